The van der Waals surface area contributed by atoms with Crippen LogP contribution in [0.15, 0.2) is 48.1 Å². The number of aryl methyl sites for hydroxylation is 1. The van der Waals surface area contributed by atoms with Gasteiger partial charge in [0.25, 0.3) is 0 Å². The van der Waals surface area contributed by atoms with Gasteiger partial charge in [0.1, 0.15) is 0 Å². The van der Waals surface area contributed by atoms with Gasteiger partial charge in [-0.05, 0) is 44.0 Å². The molecule has 0 saturated heterocycles. The van der Waals surface area contributed by atoms with E-state index in [2.05, 4.69) is 61.7 Å². The summed E-state index contributed by atoms with van der Waals surface area (Å²) in [6.07, 6.45) is 6.32. The third-order valence-corrected chi connectivity index (χ3v) is 2.27. The molecule has 0 aliphatic heterocycles. The number of benzene rings is 1. The lowest BCUT2D eigenvalue weighted by molar-refractivity contribution is 1.24. The van der Waals surface area contributed by atoms with Crippen molar-refractivity contribution in [2.75, 3.05) is 11.9 Å². The molecule has 1 aromatic rings. The number of nitrogens with one attached hydrogen (secondary N) is 1. The first-order valence-electron chi connectivity index (χ1n) is 6.34. The average molecular weight is 231 g/mol. The normalized spacial score (nSPS) is 11.0. The van der Waals surface area contributed by atoms with Crippen LogP contribution in [-0.4, -0.2) is 6.54 Å². The monoisotopic (exact) mass is 231 g/mol. The van der Waals surface area contributed by atoms with Crippen LogP contribution in [0.4, 0.5) is 5.69 Å². The molecule has 0 spiro atoms. The molecule has 1 rings (SSSR count). The van der Waals surface area contributed by atoms with Gasteiger partial charge in [-0.1, -0.05) is 44.2 Å². The summed E-state index contributed by atoms with van der Waals surface area (Å²) < 4.78 is 0. The Balaban J connectivity index is 0.00000121. The fourth-order valence-corrected chi connectivity index (χ4v) is 1.43. The molecule has 0 aliphatic rings. The Morgan fingerprint density at radius 2 is 1.94 bits per heavy atom. The van der Waals surface area contributed by atoms with Gasteiger partial charge in [0.15, 0.2) is 0 Å². The summed E-state index contributed by atoms with van der Waals surface area (Å²) in [5.74, 6) is 0. The van der Waals surface area contributed by atoms with Crippen molar-refractivity contribution < 1.29 is 0 Å². The van der Waals surface area contributed by atoms with Crippen molar-refractivity contribution in [1.82, 2.24) is 0 Å². The lowest BCUT2D eigenvalue weighted by atomic mass is 10.2. The van der Waals surface area contributed by atoms with E-state index in [-0.39, 0.29) is 0 Å². The van der Waals surface area contributed by atoms with E-state index in [9.17, 15) is 0 Å². The van der Waals surface area contributed by atoms with Gasteiger partial charge in [-0.3, -0.25) is 0 Å². The summed E-state index contributed by atoms with van der Waals surface area (Å²) in [6, 6.07) is 8.43. The highest BCUT2D eigenvalue weighted by Gasteiger charge is 1.93. The minimum absolute atomic E-state index is 0.879. The Hall–Kier alpha value is -1.50. The zero-order valence-corrected chi connectivity index (χ0v) is 11.7. The number of allylic oxidation sites excluding steroid dienone is 2. The summed E-state index contributed by atoms with van der Waals surface area (Å²) in [4.78, 5) is 0. The SMILES string of the molecule is C/C=C\C(=C/C)CNc1cccc(C)c1.CC. The van der Waals surface area contributed by atoms with Crippen LogP contribution >= 0.6 is 0 Å². The summed E-state index contributed by atoms with van der Waals surface area (Å²) >= 11 is 0. The number of anilines is 1. The van der Waals surface area contributed by atoms with Crippen molar-refractivity contribution in [2.45, 2.75) is 34.6 Å². The second-order valence-corrected chi connectivity index (χ2v) is 3.59. The molecule has 0 amide bonds. The smallest absolute Gasteiger partial charge is 0.0397 e. The minimum atomic E-state index is 0.879. The van der Waals surface area contributed by atoms with Gasteiger partial charge in [0.2, 0.25) is 0 Å². The summed E-state index contributed by atoms with van der Waals surface area (Å²) in [5.41, 5.74) is 3.77. The summed E-state index contributed by atoms with van der Waals surface area (Å²) in [5, 5.41) is 3.40. The highest BCUT2D eigenvalue weighted by Crippen LogP contribution is 2.10. The van der Waals surface area contributed by atoms with E-state index in [1.807, 2.05) is 20.8 Å². The predicted octanol–water partition coefficient (Wildman–Crippen LogP) is 4.96. The maximum absolute atomic E-state index is 3.40. The number of hydrogen-bond donors (Lipinski definition) is 1. The highest BCUT2D eigenvalue weighted by molar-refractivity contribution is 5.47. The molecule has 1 nitrogen and oxygen atoms in total. The zero-order valence-electron chi connectivity index (χ0n) is 11.7. The summed E-state index contributed by atoms with van der Waals surface area (Å²) in [6.45, 7) is 11.1. The molecule has 0 heterocycles. The van der Waals surface area contributed by atoms with Crippen LogP contribution < -0.4 is 5.32 Å². The van der Waals surface area contributed by atoms with Crippen LogP contribution in [0.1, 0.15) is 33.3 Å². The van der Waals surface area contributed by atoms with Crippen LogP contribution in [0.3, 0.4) is 0 Å². The van der Waals surface area contributed by atoms with Crippen molar-refractivity contribution in [3.8, 4) is 0 Å². The van der Waals surface area contributed by atoms with Crippen molar-refractivity contribution in [1.29, 1.82) is 0 Å². The van der Waals surface area contributed by atoms with Gasteiger partial charge in [0, 0.05) is 12.2 Å². The summed E-state index contributed by atoms with van der Waals surface area (Å²) in [7, 11) is 0. The molecule has 1 N–H and O–H groups in total. The third kappa shape index (κ3) is 6.62. The molecule has 0 aliphatic carbocycles. The van der Waals surface area contributed by atoms with E-state index < -0.39 is 0 Å². The number of hydrogen-bond acceptors (Lipinski definition) is 1. The molecular formula is C16H25N. The van der Waals surface area contributed by atoms with Crippen LogP contribution in [-0.2, 0) is 0 Å². The molecule has 0 fully saturated rings. The Bertz CT molecular complexity index is 362. The Labute approximate surface area is 106 Å². The topological polar surface area (TPSA) is 12.0 Å². The zero-order chi connectivity index (χ0) is 13.1. The molecule has 0 unspecified atom stereocenters. The molecular weight excluding hydrogens is 206 g/mol. The Morgan fingerprint density at radius 1 is 1.24 bits per heavy atom. The van der Waals surface area contributed by atoms with E-state index in [4.69, 9.17) is 0 Å². The Morgan fingerprint density at radius 3 is 2.47 bits per heavy atom. The quantitative estimate of drug-likeness (QED) is 0.722. The predicted molar refractivity (Wildman–Crippen MR) is 79.6 cm³/mol. The molecule has 1 aromatic carbocycles. The standard InChI is InChI=1S/C14H19N.C2H6/c1-4-7-13(5-2)11-15-14-9-6-8-12(3)10-14;1-2/h4-10,15H,11H2,1-3H3;1-2H3/b7-4-,13-5+;. The first-order valence-corrected chi connectivity index (χ1v) is 6.34. The lowest BCUT2D eigenvalue weighted by Gasteiger charge is -2.07. The molecule has 0 bridgehead atoms. The largest absolute Gasteiger partial charge is 0.381 e. The van der Waals surface area contributed by atoms with Crippen molar-refractivity contribution in [2.24, 2.45) is 0 Å². The average Bonchev–Trinajstić information content (AvgIpc) is 2.37. The van der Waals surface area contributed by atoms with Crippen LogP contribution in [0.2, 0.25) is 0 Å². The second kappa shape index (κ2) is 9.71. The molecule has 1 heteroatoms. The van der Waals surface area contributed by atoms with E-state index in [0.29, 0.717) is 0 Å². The third-order valence-electron chi connectivity index (χ3n) is 2.27. The van der Waals surface area contributed by atoms with Gasteiger partial charge in [0.05, 0.1) is 0 Å². The number of rotatable bonds is 4. The van der Waals surface area contributed by atoms with Gasteiger partial charge in [-0.15, -0.1) is 0 Å². The second-order valence-electron chi connectivity index (χ2n) is 3.59. The van der Waals surface area contributed by atoms with Gasteiger partial charge >= 0.3 is 0 Å². The van der Waals surface area contributed by atoms with Gasteiger partial charge in [-0.25, -0.2) is 0 Å². The maximum atomic E-state index is 3.40. The van der Waals surface area contributed by atoms with Crippen LogP contribution in [0, 0.1) is 6.92 Å². The first-order chi connectivity index (χ1) is 8.26. The highest BCUT2D eigenvalue weighted by atomic mass is 14.9. The van der Waals surface area contributed by atoms with Gasteiger partial charge < -0.3 is 5.32 Å². The fourth-order valence-electron chi connectivity index (χ4n) is 1.43. The molecule has 94 valence electrons. The van der Waals surface area contributed by atoms with E-state index >= 15 is 0 Å². The van der Waals surface area contributed by atoms with E-state index in [1.165, 1.54) is 16.8 Å². The van der Waals surface area contributed by atoms with E-state index in [0.717, 1.165) is 6.54 Å². The van der Waals surface area contributed by atoms with Crippen LogP contribution in [0.5, 0.6) is 0 Å². The molecule has 0 radical (unpaired) electrons. The molecule has 0 atom stereocenters. The molecule has 0 saturated carbocycles. The van der Waals surface area contributed by atoms with Crippen LogP contribution in [0.25, 0.3) is 0 Å². The Kier molecular flexibility index (Phi) is 8.85. The molecule has 0 aromatic heterocycles. The van der Waals surface area contributed by atoms with Crippen molar-refractivity contribution >= 4 is 5.69 Å². The first kappa shape index (κ1) is 15.5. The lowest BCUT2D eigenvalue weighted by Crippen LogP contribution is -2.03. The minimum Gasteiger partial charge on any atom is -0.381 e. The maximum Gasteiger partial charge on any atom is 0.0397 e. The van der Waals surface area contributed by atoms with Crippen molar-refractivity contribution in [3.63, 3.8) is 0 Å². The fraction of sp³-hybridized carbons (Fsp3) is 0.375. The van der Waals surface area contributed by atoms with Crippen molar-refractivity contribution in [3.05, 3.63) is 53.6 Å². The van der Waals surface area contributed by atoms with Gasteiger partial charge in [-0.2, -0.15) is 0 Å². The van der Waals surface area contributed by atoms with E-state index in [1.54, 1.807) is 0 Å². The molecule has 17 heavy (non-hydrogen) atoms.